The summed E-state index contributed by atoms with van der Waals surface area (Å²) in [4.78, 5) is 5.33. The normalized spacial score (nSPS) is 16.0. The Hall–Kier alpha value is -1.37. The topological polar surface area (TPSA) is 6.48 Å². The van der Waals surface area contributed by atoms with E-state index < -0.39 is 11.9 Å². The van der Waals surface area contributed by atoms with E-state index in [2.05, 4.69) is 9.80 Å². The van der Waals surface area contributed by atoms with Crippen LogP contribution in [-0.2, 0) is 6.54 Å². The highest BCUT2D eigenvalue weighted by Crippen LogP contribution is 2.32. The van der Waals surface area contributed by atoms with Gasteiger partial charge >= 0.3 is 6.18 Å². The molecule has 3 rings (SSSR count). The van der Waals surface area contributed by atoms with Gasteiger partial charge in [0.2, 0.25) is 0 Å². The number of benzene rings is 2. The molecule has 0 N–H and O–H groups in total. The van der Waals surface area contributed by atoms with Crippen LogP contribution in [0.1, 0.15) is 11.1 Å². The van der Waals surface area contributed by atoms with Gasteiger partial charge in [-0.3, -0.25) is 4.90 Å². The van der Waals surface area contributed by atoms with E-state index in [-0.39, 0.29) is 0 Å². The number of nitrogens with zero attached hydrogens (tertiary/aromatic N) is 2. The number of anilines is 1. The lowest BCUT2D eigenvalue weighted by Gasteiger charge is -2.36. The van der Waals surface area contributed by atoms with Crippen molar-refractivity contribution in [2.45, 2.75) is 24.5 Å². The third kappa shape index (κ3) is 6.06. The molecule has 1 heterocycles. The monoisotopic (exact) mass is 414 g/mol. The van der Waals surface area contributed by atoms with Gasteiger partial charge in [0.1, 0.15) is 0 Å². The average molecular weight is 415 g/mol. The van der Waals surface area contributed by atoms with Gasteiger partial charge < -0.3 is 4.90 Å². The molecule has 0 aromatic heterocycles. The molecular formula is C20H22ClF3N2S. The molecule has 1 aliphatic rings. The standard InChI is InChI=1S/C20H22ClF3N2S/c1-15-2-7-18(12-19(15)27-14-20(22,23)24)26-10-8-25(9-11-26)13-16-3-5-17(21)6-4-16/h2-7,12H,8-11,13-14H2,1H3. The molecule has 0 saturated carbocycles. The minimum Gasteiger partial charge on any atom is -0.369 e. The Balaban J connectivity index is 1.58. The molecule has 0 unspecified atom stereocenters. The second kappa shape index (κ2) is 8.76. The Bertz CT molecular complexity index is 757. The minimum atomic E-state index is -4.15. The van der Waals surface area contributed by atoms with Crippen LogP contribution < -0.4 is 4.90 Å². The zero-order valence-electron chi connectivity index (χ0n) is 15.1. The van der Waals surface area contributed by atoms with Crippen LogP contribution >= 0.6 is 23.4 Å². The molecule has 146 valence electrons. The predicted octanol–water partition coefficient (Wildman–Crippen LogP) is 5.63. The highest BCUT2D eigenvalue weighted by Gasteiger charge is 2.27. The van der Waals surface area contributed by atoms with Crippen LogP contribution in [0.15, 0.2) is 47.4 Å². The van der Waals surface area contributed by atoms with Crippen LogP contribution in [0, 0.1) is 6.92 Å². The molecule has 0 amide bonds. The van der Waals surface area contributed by atoms with E-state index in [4.69, 9.17) is 11.6 Å². The van der Waals surface area contributed by atoms with Gasteiger partial charge in [-0.15, -0.1) is 11.8 Å². The van der Waals surface area contributed by atoms with Crippen LogP contribution in [-0.4, -0.2) is 43.0 Å². The molecule has 7 heteroatoms. The van der Waals surface area contributed by atoms with E-state index in [0.29, 0.717) is 4.90 Å². The van der Waals surface area contributed by atoms with Gasteiger partial charge in [0.15, 0.2) is 0 Å². The van der Waals surface area contributed by atoms with Crippen LogP contribution in [0.4, 0.5) is 18.9 Å². The summed E-state index contributed by atoms with van der Waals surface area (Å²) >= 11 is 6.79. The summed E-state index contributed by atoms with van der Waals surface area (Å²) in [5.74, 6) is -0.855. The number of rotatable bonds is 5. The van der Waals surface area contributed by atoms with Crippen molar-refractivity contribution in [1.29, 1.82) is 0 Å². The van der Waals surface area contributed by atoms with Crippen LogP contribution in [0.25, 0.3) is 0 Å². The van der Waals surface area contributed by atoms with Crippen LogP contribution in [0.5, 0.6) is 0 Å². The Labute approximate surface area is 167 Å². The molecule has 2 aromatic carbocycles. The summed E-state index contributed by atoms with van der Waals surface area (Å²) in [6.45, 7) is 6.29. The zero-order chi connectivity index (χ0) is 19.4. The molecule has 27 heavy (non-hydrogen) atoms. The molecule has 1 aliphatic heterocycles. The van der Waals surface area contributed by atoms with E-state index in [1.807, 2.05) is 49.4 Å². The Morgan fingerprint density at radius 2 is 1.67 bits per heavy atom. The number of aryl methyl sites for hydroxylation is 1. The average Bonchev–Trinajstić information content (AvgIpc) is 2.63. The molecule has 2 nitrogen and oxygen atoms in total. The van der Waals surface area contributed by atoms with Crippen molar-refractivity contribution in [2.75, 3.05) is 36.8 Å². The number of hydrogen-bond donors (Lipinski definition) is 0. The Morgan fingerprint density at radius 1 is 1.00 bits per heavy atom. The third-order valence-corrected chi connectivity index (χ3v) is 6.09. The highest BCUT2D eigenvalue weighted by molar-refractivity contribution is 7.99. The fourth-order valence-electron chi connectivity index (χ4n) is 3.11. The highest BCUT2D eigenvalue weighted by atomic mass is 35.5. The zero-order valence-corrected chi connectivity index (χ0v) is 16.7. The third-order valence-electron chi connectivity index (χ3n) is 4.62. The molecule has 0 aliphatic carbocycles. The summed E-state index contributed by atoms with van der Waals surface area (Å²) < 4.78 is 37.6. The largest absolute Gasteiger partial charge is 0.398 e. The summed E-state index contributed by atoms with van der Waals surface area (Å²) in [5, 5.41) is 0.738. The first-order valence-corrected chi connectivity index (χ1v) is 10.2. The SMILES string of the molecule is Cc1ccc(N2CCN(Cc3ccc(Cl)cc3)CC2)cc1SCC(F)(F)F. The number of thioether (sulfide) groups is 1. The lowest BCUT2D eigenvalue weighted by molar-refractivity contribution is -0.105. The molecule has 0 atom stereocenters. The number of piperazine rings is 1. The first-order valence-electron chi connectivity index (χ1n) is 8.82. The lowest BCUT2D eigenvalue weighted by atomic mass is 10.1. The molecule has 1 saturated heterocycles. The smallest absolute Gasteiger partial charge is 0.369 e. The quantitative estimate of drug-likeness (QED) is 0.586. The minimum absolute atomic E-state index is 0.702. The number of hydrogen-bond acceptors (Lipinski definition) is 3. The fraction of sp³-hybridized carbons (Fsp3) is 0.400. The lowest BCUT2D eigenvalue weighted by Crippen LogP contribution is -2.46. The van der Waals surface area contributed by atoms with Crippen LogP contribution in [0.3, 0.4) is 0 Å². The van der Waals surface area contributed by atoms with E-state index in [0.717, 1.165) is 60.8 Å². The van der Waals surface area contributed by atoms with Crippen molar-refractivity contribution in [3.8, 4) is 0 Å². The molecule has 1 fully saturated rings. The van der Waals surface area contributed by atoms with Crippen molar-refractivity contribution in [3.63, 3.8) is 0 Å². The maximum absolute atomic E-state index is 12.5. The van der Waals surface area contributed by atoms with Gasteiger partial charge in [-0.25, -0.2) is 0 Å². The van der Waals surface area contributed by atoms with Crippen molar-refractivity contribution in [1.82, 2.24) is 4.90 Å². The van der Waals surface area contributed by atoms with Gasteiger partial charge in [0, 0.05) is 48.3 Å². The fourth-order valence-corrected chi connectivity index (χ4v) is 4.06. The van der Waals surface area contributed by atoms with Gasteiger partial charge in [-0.1, -0.05) is 29.8 Å². The second-order valence-electron chi connectivity index (χ2n) is 6.74. The summed E-state index contributed by atoms with van der Waals surface area (Å²) in [7, 11) is 0. The molecule has 0 bridgehead atoms. The van der Waals surface area contributed by atoms with E-state index in [1.165, 1.54) is 5.56 Å². The summed E-state index contributed by atoms with van der Waals surface area (Å²) in [6.07, 6.45) is -4.15. The first kappa shape index (κ1) is 20.4. The Morgan fingerprint density at radius 3 is 2.30 bits per heavy atom. The molecule has 0 radical (unpaired) electrons. The van der Waals surface area contributed by atoms with Gasteiger partial charge in [-0.2, -0.15) is 13.2 Å². The maximum atomic E-state index is 12.5. The molecular weight excluding hydrogens is 393 g/mol. The second-order valence-corrected chi connectivity index (χ2v) is 8.20. The van der Waals surface area contributed by atoms with E-state index in [1.54, 1.807) is 0 Å². The Kier molecular flexibility index (Phi) is 6.61. The predicted molar refractivity (Wildman–Crippen MR) is 107 cm³/mol. The van der Waals surface area contributed by atoms with Crippen molar-refractivity contribution >= 4 is 29.1 Å². The number of halogens is 4. The van der Waals surface area contributed by atoms with Crippen molar-refractivity contribution in [2.24, 2.45) is 0 Å². The van der Waals surface area contributed by atoms with Crippen molar-refractivity contribution < 1.29 is 13.2 Å². The maximum Gasteiger partial charge on any atom is 0.398 e. The molecule has 2 aromatic rings. The van der Waals surface area contributed by atoms with E-state index >= 15 is 0 Å². The van der Waals surface area contributed by atoms with Crippen LogP contribution in [0.2, 0.25) is 5.02 Å². The van der Waals surface area contributed by atoms with Crippen molar-refractivity contribution in [3.05, 3.63) is 58.6 Å². The van der Waals surface area contributed by atoms with Gasteiger partial charge in [0.25, 0.3) is 0 Å². The summed E-state index contributed by atoms with van der Waals surface area (Å²) in [6, 6.07) is 13.7. The van der Waals surface area contributed by atoms with E-state index in [9.17, 15) is 13.2 Å². The first-order chi connectivity index (χ1) is 12.8. The summed E-state index contributed by atoms with van der Waals surface area (Å²) in [5.41, 5.74) is 3.11. The van der Waals surface area contributed by atoms with Gasteiger partial charge in [-0.05, 0) is 42.3 Å². The number of alkyl halides is 3. The van der Waals surface area contributed by atoms with Gasteiger partial charge in [0.05, 0.1) is 5.75 Å². The molecule has 0 spiro atoms.